The van der Waals surface area contributed by atoms with E-state index in [-0.39, 0.29) is 11.7 Å². The van der Waals surface area contributed by atoms with Gasteiger partial charge in [-0.05, 0) is 13.0 Å². The van der Waals surface area contributed by atoms with Crippen molar-refractivity contribution in [2.75, 3.05) is 19.6 Å². The van der Waals surface area contributed by atoms with E-state index in [1.54, 1.807) is 23.4 Å². The third kappa shape index (κ3) is 2.18. The van der Waals surface area contributed by atoms with Crippen LogP contribution in [-0.2, 0) is 0 Å². The molecule has 0 radical (unpaired) electrons. The number of carbonyl (C=O) groups is 1. The molecule has 0 saturated heterocycles. The van der Waals surface area contributed by atoms with Crippen LogP contribution in [0.25, 0.3) is 0 Å². The Labute approximate surface area is 87.9 Å². The molecule has 0 aliphatic carbocycles. The maximum atomic E-state index is 11.9. The molecule has 0 aromatic carbocycles. The zero-order chi connectivity index (χ0) is 10.7. The third-order valence-electron chi connectivity index (χ3n) is 2.22. The first-order chi connectivity index (χ1) is 7.27. The Morgan fingerprint density at radius 1 is 1.40 bits per heavy atom. The summed E-state index contributed by atoms with van der Waals surface area (Å²) in [4.78, 5) is 25.7. The van der Waals surface area contributed by atoms with Gasteiger partial charge in [0.1, 0.15) is 0 Å². The topological polar surface area (TPSA) is 58.5 Å². The summed E-state index contributed by atoms with van der Waals surface area (Å²) in [6.07, 6.45) is 3.15. The Balaban J connectivity index is 2.12. The molecule has 2 rings (SSSR count). The maximum Gasteiger partial charge on any atom is 0.292 e. The van der Waals surface area contributed by atoms with Gasteiger partial charge in [-0.3, -0.25) is 9.79 Å². The molecule has 0 fully saturated rings. The Morgan fingerprint density at radius 2 is 2.13 bits per heavy atom. The molecule has 0 bridgehead atoms. The van der Waals surface area contributed by atoms with Crippen LogP contribution >= 0.6 is 0 Å². The van der Waals surface area contributed by atoms with Crippen molar-refractivity contribution in [2.45, 2.75) is 6.92 Å². The average molecular weight is 204 g/mol. The fraction of sp³-hybridized carbons (Fsp3) is 0.400. The molecule has 78 valence electrons. The largest absolute Gasteiger partial charge is 0.329 e. The highest BCUT2D eigenvalue weighted by atomic mass is 16.2. The number of aliphatic imine (C=N–C) groups is 1. The molecule has 1 aromatic heterocycles. The molecule has 0 atom stereocenters. The first kappa shape index (κ1) is 9.76. The molecule has 2 heterocycles. The summed E-state index contributed by atoms with van der Waals surface area (Å²) in [5.41, 5.74) is 0.977. The van der Waals surface area contributed by atoms with Crippen molar-refractivity contribution in [3.05, 3.63) is 24.3 Å². The molecule has 1 amide bonds. The van der Waals surface area contributed by atoms with Crippen LogP contribution in [0.4, 0.5) is 0 Å². The van der Waals surface area contributed by atoms with Crippen LogP contribution in [0.1, 0.15) is 17.5 Å². The van der Waals surface area contributed by atoms with E-state index in [0.29, 0.717) is 19.6 Å². The summed E-state index contributed by atoms with van der Waals surface area (Å²) in [6.45, 7) is 3.82. The van der Waals surface area contributed by atoms with E-state index in [0.717, 1.165) is 5.71 Å². The fourth-order valence-corrected chi connectivity index (χ4v) is 1.49. The van der Waals surface area contributed by atoms with Crippen molar-refractivity contribution in [3.8, 4) is 0 Å². The zero-order valence-electron chi connectivity index (χ0n) is 8.55. The summed E-state index contributed by atoms with van der Waals surface area (Å²) in [7, 11) is 0. The number of aromatic nitrogens is 2. The number of amides is 1. The molecule has 1 aromatic rings. The molecule has 5 nitrogen and oxygen atoms in total. The molecule has 0 N–H and O–H groups in total. The molecule has 1 aliphatic rings. The van der Waals surface area contributed by atoms with Gasteiger partial charge >= 0.3 is 0 Å². The normalized spacial score (nSPS) is 16.1. The SMILES string of the molecule is CC1=NCCN(C(=O)c2ncccn2)C1. The summed E-state index contributed by atoms with van der Waals surface area (Å²) in [5.74, 6) is 0.136. The van der Waals surface area contributed by atoms with Gasteiger partial charge in [0, 0.05) is 24.7 Å². The van der Waals surface area contributed by atoms with E-state index >= 15 is 0 Å². The molecule has 0 spiro atoms. The van der Waals surface area contributed by atoms with Crippen LogP contribution in [0.3, 0.4) is 0 Å². The second kappa shape index (κ2) is 4.16. The third-order valence-corrected chi connectivity index (χ3v) is 2.22. The van der Waals surface area contributed by atoms with Gasteiger partial charge in [0.25, 0.3) is 5.91 Å². The van der Waals surface area contributed by atoms with Crippen LogP contribution in [0.15, 0.2) is 23.5 Å². The fourth-order valence-electron chi connectivity index (χ4n) is 1.49. The van der Waals surface area contributed by atoms with E-state index in [9.17, 15) is 4.79 Å². The summed E-state index contributed by atoms with van der Waals surface area (Å²) < 4.78 is 0. The standard InChI is InChI=1S/C10H12N4O/c1-8-7-14(6-5-11-8)10(15)9-12-3-2-4-13-9/h2-4H,5-7H2,1H3. The van der Waals surface area contributed by atoms with Crippen molar-refractivity contribution < 1.29 is 4.79 Å². The number of rotatable bonds is 1. The highest BCUT2D eigenvalue weighted by Gasteiger charge is 2.20. The summed E-state index contributed by atoms with van der Waals surface area (Å²) in [5, 5.41) is 0. The van der Waals surface area contributed by atoms with Gasteiger partial charge in [-0.1, -0.05) is 0 Å². The molecule has 5 heteroatoms. The van der Waals surface area contributed by atoms with Gasteiger partial charge < -0.3 is 4.90 Å². The van der Waals surface area contributed by atoms with Crippen molar-refractivity contribution in [1.29, 1.82) is 0 Å². The summed E-state index contributed by atoms with van der Waals surface area (Å²) >= 11 is 0. The lowest BCUT2D eigenvalue weighted by molar-refractivity contribution is 0.0766. The zero-order valence-corrected chi connectivity index (χ0v) is 8.55. The van der Waals surface area contributed by atoms with E-state index in [1.807, 2.05) is 6.92 Å². The van der Waals surface area contributed by atoms with Crippen molar-refractivity contribution >= 4 is 11.6 Å². The van der Waals surface area contributed by atoms with Crippen LogP contribution in [0, 0.1) is 0 Å². The Morgan fingerprint density at radius 3 is 2.80 bits per heavy atom. The predicted octanol–water partition coefficient (Wildman–Crippen LogP) is 0.393. The van der Waals surface area contributed by atoms with Crippen LogP contribution in [0.2, 0.25) is 0 Å². The van der Waals surface area contributed by atoms with Gasteiger partial charge in [-0.15, -0.1) is 0 Å². The van der Waals surface area contributed by atoms with Gasteiger partial charge in [-0.25, -0.2) is 9.97 Å². The average Bonchev–Trinajstić information content (AvgIpc) is 2.29. The lowest BCUT2D eigenvalue weighted by Crippen LogP contribution is -2.40. The van der Waals surface area contributed by atoms with Gasteiger partial charge in [-0.2, -0.15) is 0 Å². The second-order valence-electron chi connectivity index (χ2n) is 3.42. The molecular weight excluding hydrogens is 192 g/mol. The van der Waals surface area contributed by atoms with Crippen molar-refractivity contribution in [3.63, 3.8) is 0 Å². The molecule has 1 aliphatic heterocycles. The summed E-state index contributed by atoms with van der Waals surface area (Å²) in [6, 6.07) is 1.69. The van der Waals surface area contributed by atoms with Crippen LogP contribution in [0.5, 0.6) is 0 Å². The Bertz CT molecular complexity index is 388. The van der Waals surface area contributed by atoms with Gasteiger partial charge in [0.2, 0.25) is 5.82 Å². The first-order valence-corrected chi connectivity index (χ1v) is 4.83. The number of hydrogen-bond acceptors (Lipinski definition) is 4. The Hall–Kier alpha value is -1.78. The van der Waals surface area contributed by atoms with E-state index < -0.39 is 0 Å². The lowest BCUT2D eigenvalue weighted by atomic mass is 10.3. The minimum absolute atomic E-state index is 0.121. The highest BCUT2D eigenvalue weighted by molar-refractivity contribution is 5.95. The minimum atomic E-state index is -0.121. The van der Waals surface area contributed by atoms with Crippen molar-refractivity contribution in [1.82, 2.24) is 14.9 Å². The molecular formula is C10H12N4O. The first-order valence-electron chi connectivity index (χ1n) is 4.83. The Kier molecular flexibility index (Phi) is 2.71. The second-order valence-corrected chi connectivity index (χ2v) is 3.42. The van der Waals surface area contributed by atoms with E-state index in [4.69, 9.17) is 0 Å². The highest BCUT2D eigenvalue weighted by Crippen LogP contribution is 2.02. The van der Waals surface area contributed by atoms with Gasteiger partial charge in [0.05, 0.1) is 13.1 Å². The monoisotopic (exact) mass is 204 g/mol. The molecule has 0 unspecified atom stereocenters. The number of hydrogen-bond donors (Lipinski definition) is 0. The molecule has 15 heavy (non-hydrogen) atoms. The molecule has 0 saturated carbocycles. The minimum Gasteiger partial charge on any atom is -0.329 e. The van der Waals surface area contributed by atoms with E-state index in [2.05, 4.69) is 15.0 Å². The lowest BCUT2D eigenvalue weighted by Gasteiger charge is -2.24. The number of carbonyl (C=O) groups excluding carboxylic acids is 1. The predicted molar refractivity (Wildman–Crippen MR) is 55.9 cm³/mol. The van der Waals surface area contributed by atoms with Gasteiger partial charge in [0.15, 0.2) is 0 Å². The van der Waals surface area contributed by atoms with Crippen molar-refractivity contribution in [2.24, 2.45) is 4.99 Å². The van der Waals surface area contributed by atoms with Crippen LogP contribution in [-0.4, -0.2) is 46.1 Å². The van der Waals surface area contributed by atoms with Crippen LogP contribution < -0.4 is 0 Å². The maximum absolute atomic E-state index is 11.9. The smallest absolute Gasteiger partial charge is 0.292 e. The quantitative estimate of drug-likeness (QED) is 0.665. The van der Waals surface area contributed by atoms with E-state index in [1.165, 1.54) is 0 Å². The number of nitrogens with zero attached hydrogens (tertiary/aromatic N) is 4.